The number of halogens is 1. The molecule has 1 heterocycles. The zero-order chi connectivity index (χ0) is 15.0. The van der Waals surface area contributed by atoms with Crippen LogP contribution in [0.15, 0.2) is 36.4 Å². The van der Waals surface area contributed by atoms with Crippen LogP contribution in [-0.4, -0.2) is 16.7 Å². The van der Waals surface area contributed by atoms with Crippen LogP contribution in [0.3, 0.4) is 0 Å². The predicted molar refractivity (Wildman–Crippen MR) is 80.9 cm³/mol. The van der Waals surface area contributed by atoms with Crippen molar-refractivity contribution in [2.24, 2.45) is 0 Å². The van der Waals surface area contributed by atoms with E-state index in [0.29, 0.717) is 23.6 Å². The fraction of sp³-hybridized carbons (Fsp3) is 0.188. The molecule has 0 amide bonds. The number of ether oxygens (including phenoxy) is 1. The molecule has 1 aromatic heterocycles. The van der Waals surface area contributed by atoms with Crippen molar-refractivity contribution < 1.29 is 9.13 Å². The Morgan fingerprint density at radius 1 is 1.24 bits per heavy atom. The summed E-state index contributed by atoms with van der Waals surface area (Å²) < 4.78 is 20.6. The zero-order valence-corrected chi connectivity index (χ0v) is 11.9. The highest BCUT2D eigenvalue weighted by Crippen LogP contribution is 2.23. The van der Waals surface area contributed by atoms with Gasteiger partial charge >= 0.3 is 0 Å². The van der Waals surface area contributed by atoms with Crippen molar-refractivity contribution in [3.63, 3.8) is 0 Å². The lowest BCUT2D eigenvalue weighted by molar-refractivity contribution is 0.414. The van der Waals surface area contributed by atoms with Gasteiger partial charge in [0.15, 0.2) is 0 Å². The summed E-state index contributed by atoms with van der Waals surface area (Å²) in [4.78, 5) is 4.22. The van der Waals surface area contributed by atoms with E-state index in [1.165, 1.54) is 6.07 Å². The number of hydrogen-bond donors (Lipinski definition) is 1. The molecule has 0 radical (unpaired) electrons. The Hall–Kier alpha value is -2.56. The van der Waals surface area contributed by atoms with Gasteiger partial charge in [-0.3, -0.25) is 0 Å². The van der Waals surface area contributed by atoms with Gasteiger partial charge in [0.05, 0.1) is 24.7 Å². The highest BCUT2D eigenvalue weighted by Gasteiger charge is 2.11. The molecule has 108 valence electrons. The lowest BCUT2D eigenvalue weighted by Crippen LogP contribution is -2.04. The molecule has 0 aliphatic carbocycles. The average molecular weight is 285 g/mol. The SMILES string of the molecule is COc1ccc(Cn2c(N)nc3cc(F)c(C)cc32)cc1. The topological polar surface area (TPSA) is 53.1 Å². The van der Waals surface area contributed by atoms with Gasteiger partial charge in [-0.25, -0.2) is 9.37 Å². The third kappa shape index (κ3) is 2.42. The van der Waals surface area contributed by atoms with Crippen LogP contribution in [0.5, 0.6) is 5.75 Å². The van der Waals surface area contributed by atoms with Gasteiger partial charge in [-0.1, -0.05) is 12.1 Å². The van der Waals surface area contributed by atoms with Crippen molar-refractivity contribution >= 4 is 17.0 Å². The maximum atomic E-state index is 13.6. The van der Waals surface area contributed by atoms with Crippen LogP contribution in [-0.2, 0) is 6.54 Å². The summed E-state index contributed by atoms with van der Waals surface area (Å²) >= 11 is 0. The number of aromatic nitrogens is 2. The van der Waals surface area contributed by atoms with Crippen LogP contribution in [0.4, 0.5) is 10.3 Å². The first kappa shape index (κ1) is 13.4. The van der Waals surface area contributed by atoms with Crippen molar-refractivity contribution in [2.75, 3.05) is 12.8 Å². The first-order chi connectivity index (χ1) is 10.1. The Morgan fingerprint density at radius 3 is 2.62 bits per heavy atom. The Labute approximate surface area is 122 Å². The maximum absolute atomic E-state index is 13.6. The lowest BCUT2D eigenvalue weighted by Gasteiger charge is -2.08. The fourth-order valence-electron chi connectivity index (χ4n) is 2.35. The van der Waals surface area contributed by atoms with Crippen molar-refractivity contribution in [1.82, 2.24) is 9.55 Å². The van der Waals surface area contributed by atoms with Gasteiger partial charge in [-0.2, -0.15) is 0 Å². The summed E-state index contributed by atoms with van der Waals surface area (Å²) in [6.45, 7) is 2.31. The van der Waals surface area contributed by atoms with Crippen LogP contribution in [0, 0.1) is 12.7 Å². The minimum atomic E-state index is -0.267. The standard InChI is InChI=1S/C16H16FN3O/c1-10-7-15-14(8-13(10)17)19-16(18)20(15)9-11-3-5-12(21-2)6-4-11/h3-8H,9H2,1-2H3,(H2,18,19). The number of benzene rings is 2. The van der Waals surface area contributed by atoms with E-state index in [2.05, 4.69) is 4.98 Å². The van der Waals surface area contributed by atoms with E-state index in [1.54, 1.807) is 20.1 Å². The first-order valence-corrected chi connectivity index (χ1v) is 6.63. The monoisotopic (exact) mass is 285 g/mol. The summed E-state index contributed by atoms with van der Waals surface area (Å²) in [7, 11) is 1.63. The molecular formula is C16H16FN3O. The van der Waals surface area contributed by atoms with Gasteiger partial charge in [0.2, 0.25) is 5.95 Å². The summed E-state index contributed by atoms with van der Waals surface area (Å²) in [5.74, 6) is 0.919. The van der Waals surface area contributed by atoms with Gasteiger partial charge in [0, 0.05) is 6.07 Å². The number of nitrogens with two attached hydrogens (primary N) is 1. The number of anilines is 1. The molecular weight excluding hydrogens is 269 g/mol. The third-order valence-corrected chi connectivity index (χ3v) is 3.56. The number of hydrogen-bond acceptors (Lipinski definition) is 3. The molecule has 4 nitrogen and oxygen atoms in total. The lowest BCUT2D eigenvalue weighted by atomic mass is 10.2. The number of rotatable bonds is 3. The normalized spacial score (nSPS) is 11.0. The molecule has 0 bridgehead atoms. The molecule has 21 heavy (non-hydrogen) atoms. The molecule has 0 aliphatic rings. The predicted octanol–water partition coefficient (Wildman–Crippen LogP) is 3.12. The molecule has 0 saturated heterocycles. The van der Waals surface area contributed by atoms with Gasteiger partial charge in [-0.05, 0) is 36.2 Å². The molecule has 0 unspecified atom stereocenters. The van der Waals surface area contributed by atoms with E-state index in [0.717, 1.165) is 16.8 Å². The quantitative estimate of drug-likeness (QED) is 0.804. The number of imidazole rings is 1. The maximum Gasteiger partial charge on any atom is 0.201 e. The molecule has 2 N–H and O–H groups in total. The van der Waals surface area contributed by atoms with E-state index in [-0.39, 0.29) is 5.82 Å². The minimum Gasteiger partial charge on any atom is -0.497 e. The largest absolute Gasteiger partial charge is 0.497 e. The van der Waals surface area contributed by atoms with Gasteiger partial charge < -0.3 is 15.0 Å². The van der Waals surface area contributed by atoms with Gasteiger partial charge in [0.1, 0.15) is 11.6 Å². The van der Waals surface area contributed by atoms with Crippen molar-refractivity contribution in [2.45, 2.75) is 13.5 Å². The summed E-state index contributed by atoms with van der Waals surface area (Å²) in [6, 6.07) is 10.9. The second-order valence-electron chi connectivity index (χ2n) is 4.99. The Kier molecular flexibility index (Phi) is 3.25. The van der Waals surface area contributed by atoms with E-state index in [9.17, 15) is 4.39 Å². The average Bonchev–Trinajstić information content (AvgIpc) is 2.76. The summed E-state index contributed by atoms with van der Waals surface area (Å²) in [5.41, 5.74) is 9.03. The van der Waals surface area contributed by atoms with Gasteiger partial charge in [-0.15, -0.1) is 0 Å². The molecule has 0 spiro atoms. The molecule has 5 heteroatoms. The number of aryl methyl sites for hydroxylation is 1. The van der Waals surface area contributed by atoms with E-state index in [1.807, 2.05) is 28.8 Å². The molecule has 2 aromatic carbocycles. The second-order valence-corrected chi connectivity index (χ2v) is 4.99. The van der Waals surface area contributed by atoms with Crippen LogP contribution >= 0.6 is 0 Å². The molecule has 3 rings (SSSR count). The summed E-state index contributed by atoms with van der Waals surface area (Å²) in [5, 5.41) is 0. The molecule has 0 aliphatic heterocycles. The molecule has 0 saturated carbocycles. The molecule has 3 aromatic rings. The first-order valence-electron chi connectivity index (χ1n) is 6.63. The van der Waals surface area contributed by atoms with E-state index >= 15 is 0 Å². The highest BCUT2D eigenvalue weighted by molar-refractivity contribution is 5.79. The Morgan fingerprint density at radius 2 is 1.95 bits per heavy atom. The van der Waals surface area contributed by atoms with Crippen LogP contribution in [0.1, 0.15) is 11.1 Å². The van der Waals surface area contributed by atoms with Crippen molar-refractivity contribution in [3.05, 3.63) is 53.3 Å². The molecule has 0 fully saturated rings. The second kappa shape index (κ2) is 5.09. The van der Waals surface area contributed by atoms with Crippen LogP contribution in [0.25, 0.3) is 11.0 Å². The Balaban J connectivity index is 2.03. The highest BCUT2D eigenvalue weighted by atomic mass is 19.1. The van der Waals surface area contributed by atoms with Gasteiger partial charge in [0.25, 0.3) is 0 Å². The minimum absolute atomic E-state index is 0.267. The molecule has 0 atom stereocenters. The van der Waals surface area contributed by atoms with E-state index in [4.69, 9.17) is 10.5 Å². The number of methoxy groups -OCH3 is 1. The van der Waals surface area contributed by atoms with Crippen LogP contribution in [0.2, 0.25) is 0 Å². The number of fused-ring (bicyclic) bond motifs is 1. The smallest absolute Gasteiger partial charge is 0.201 e. The van der Waals surface area contributed by atoms with E-state index < -0.39 is 0 Å². The summed E-state index contributed by atoms with van der Waals surface area (Å²) in [6.07, 6.45) is 0. The van der Waals surface area contributed by atoms with Crippen molar-refractivity contribution in [3.8, 4) is 5.75 Å². The zero-order valence-electron chi connectivity index (χ0n) is 11.9. The van der Waals surface area contributed by atoms with Crippen molar-refractivity contribution in [1.29, 1.82) is 0 Å². The Bertz CT molecular complexity index is 793. The van der Waals surface area contributed by atoms with Crippen LogP contribution < -0.4 is 10.5 Å². The number of nitrogen functional groups attached to an aromatic ring is 1. The third-order valence-electron chi connectivity index (χ3n) is 3.56. The fourth-order valence-corrected chi connectivity index (χ4v) is 2.35. The number of nitrogens with zero attached hydrogens (tertiary/aromatic N) is 2.